The van der Waals surface area contributed by atoms with Crippen LogP contribution in [0.25, 0.3) is 16.9 Å². The van der Waals surface area contributed by atoms with Crippen molar-refractivity contribution in [2.75, 3.05) is 13.7 Å². The first kappa shape index (κ1) is 21.5. The van der Waals surface area contributed by atoms with Crippen molar-refractivity contribution in [2.45, 2.75) is 32.6 Å². The number of carbonyl (C=O) groups excluding carboxylic acids is 1. The highest BCUT2D eigenvalue weighted by Crippen LogP contribution is 2.26. The topological polar surface area (TPSA) is 81.4 Å². The van der Waals surface area contributed by atoms with Crippen LogP contribution in [0.15, 0.2) is 60.8 Å². The maximum Gasteiger partial charge on any atom is 0.270 e. The molecule has 7 heteroatoms. The third-order valence-electron chi connectivity index (χ3n) is 5.19. The minimum atomic E-state index is -0.207. The summed E-state index contributed by atoms with van der Waals surface area (Å²) >= 11 is 0. The third-order valence-corrected chi connectivity index (χ3v) is 5.19. The summed E-state index contributed by atoms with van der Waals surface area (Å²) in [5.74, 6) is 0.524. The molecule has 3 aromatic heterocycles. The van der Waals surface area contributed by atoms with Crippen LogP contribution in [0.5, 0.6) is 5.75 Å². The lowest BCUT2D eigenvalue weighted by Crippen LogP contribution is -2.28. The van der Waals surface area contributed by atoms with Gasteiger partial charge in [-0.15, -0.1) is 0 Å². The Kier molecular flexibility index (Phi) is 5.90. The van der Waals surface area contributed by atoms with Gasteiger partial charge in [0.1, 0.15) is 11.4 Å². The van der Waals surface area contributed by atoms with Gasteiger partial charge in [0.25, 0.3) is 5.91 Å². The van der Waals surface area contributed by atoms with Crippen molar-refractivity contribution >= 4 is 11.6 Å². The number of pyridine rings is 1. The summed E-state index contributed by atoms with van der Waals surface area (Å²) in [4.78, 5) is 22.3. The average Bonchev–Trinajstić information content (AvgIpc) is 3.24. The lowest BCUT2D eigenvalue weighted by Gasteiger charge is -2.13. The quantitative estimate of drug-likeness (QED) is 0.500. The molecule has 0 bridgehead atoms. The predicted molar refractivity (Wildman–Crippen MR) is 124 cm³/mol. The fraction of sp³-hybridized carbons (Fsp3) is 0.280. The second-order valence-corrected chi connectivity index (χ2v) is 8.64. The summed E-state index contributed by atoms with van der Waals surface area (Å²) in [7, 11) is 1.63. The molecule has 1 aromatic carbocycles. The number of amides is 1. The largest absolute Gasteiger partial charge is 0.497 e. The molecule has 1 N–H and O–H groups in total. The molecule has 0 spiro atoms. The van der Waals surface area contributed by atoms with Crippen LogP contribution in [0, 0.1) is 0 Å². The number of fused-ring (bicyclic) bond motifs is 1. The van der Waals surface area contributed by atoms with Gasteiger partial charge in [0.05, 0.1) is 18.5 Å². The minimum Gasteiger partial charge on any atom is -0.497 e. The van der Waals surface area contributed by atoms with E-state index < -0.39 is 0 Å². The van der Waals surface area contributed by atoms with Gasteiger partial charge in [-0.3, -0.25) is 9.78 Å². The van der Waals surface area contributed by atoms with Crippen LogP contribution < -0.4 is 10.1 Å². The SMILES string of the molecule is COc1cccc(-c2cc(C(=O)NCCc3ccccn3)n3nc(C(C)(C)C)cc3n2)c1. The zero-order valence-electron chi connectivity index (χ0n) is 18.8. The van der Waals surface area contributed by atoms with Crippen molar-refractivity contribution in [3.63, 3.8) is 0 Å². The molecule has 4 aromatic rings. The van der Waals surface area contributed by atoms with E-state index in [1.165, 1.54) is 0 Å². The molecule has 0 unspecified atom stereocenters. The van der Waals surface area contributed by atoms with Crippen molar-refractivity contribution < 1.29 is 9.53 Å². The number of ether oxygens (including phenoxy) is 1. The number of hydrogen-bond acceptors (Lipinski definition) is 5. The van der Waals surface area contributed by atoms with Crippen molar-refractivity contribution in [1.29, 1.82) is 0 Å². The van der Waals surface area contributed by atoms with Gasteiger partial charge in [0.15, 0.2) is 5.65 Å². The zero-order chi connectivity index (χ0) is 22.7. The van der Waals surface area contributed by atoms with Crippen molar-refractivity contribution in [3.05, 3.63) is 77.9 Å². The molecule has 0 aliphatic rings. The lowest BCUT2D eigenvalue weighted by molar-refractivity contribution is 0.0946. The van der Waals surface area contributed by atoms with E-state index in [9.17, 15) is 4.79 Å². The zero-order valence-corrected chi connectivity index (χ0v) is 18.8. The van der Waals surface area contributed by atoms with Crippen LogP contribution in [-0.4, -0.2) is 39.1 Å². The van der Waals surface area contributed by atoms with Crippen LogP contribution in [-0.2, 0) is 11.8 Å². The van der Waals surface area contributed by atoms with Crippen molar-refractivity contribution in [1.82, 2.24) is 24.9 Å². The Bertz CT molecular complexity index is 1240. The molecule has 3 heterocycles. The van der Waals surface area contributed by atoms with Gasteiger partial charge in [-0.05, 0) is 30.3 Å². The van der Waals surface area contributed by atoms with Crippen molar-refractivity contribution in [2.24, 2.45) is 0 Å². The Hall–Kier alpha value is -3.74. The van der Waals surface area contributed by atoms with Crippen LogP contribution in [0.4, 0.5) is 0 Å². The number of benzene rings is 1. The summed E-state index contributed by atoms with van der Waals surface area (Å²) in [6, 6.07) is 17.1. The minimum absolute atomic E-state index is 0.170. The van der Waals surface area contributed by atoms with Crippen LogP contribution in [0.2, 0.25) is 0 Å². The molecule has 1 amide bonds. The Labute approximate surface area is 187 Å². The number of carbonyl (C=O) groups is 1. The Morgan fingerprint density at radius 1 is 1.09 bits per heavy atom. The third kappa shape index (κ3) is 4.61. The van der Waals surface area contributed by atoms with Crippen LogP contribution in [0.1, 0.15) is 42.6 Å². The smallest absolute Gasteiger partial charge is 0.270 e. The molecule has 164 valence electrons. The van der Waals surface area contributed by atoms with E-state index in [0.29, 0.717) is 30.0 Å². The number of nitrogens with zero attached hydrogens (tertiary/aromatic N) is 4. The summed E-state index contributed by atoms with van der Waals surface area (Å²) in [6.07, 6.45) is 2.40. The normalized spacial score (nSPS) is 11.5. The van der Waals surface area contributed by atoms with Gasteiger partial charge >= 0.3 is 0 Å². The van der Waals surface area contributed by atoms with Crippen molar-refractivity contribution in [3.8, 4) is 17.0 Å². The maximum absolute atomic E-state index is 13.2. The van der Waals surface area contributed by atoms with E-state index >= 15 is 0 Å². The van der Waals surface area contributed by atoms with E-state index in [1.54, 1.807) is 23.9 Å². The molecule has 0 fully saturated rings. The number of methoxy groups -OCH3 is 1. The van der Waals surface area contributed by atoms with Gasteiger partial charge in [0.2, 0.25) is 0 Å². The first-order chi connectivity index (χ1) is 15.3. The molecule has 0 radical (unpaired) electrons. The monoisotopic (exact) mass is 429 g/mol. The Balaban J connectivity index is 1.71. The molecule has 0 saturated heterocycles. The fourth-order valence-electron chi connectivity index (χ4n) is 3.37. The molecule has 4 rings (SSSR count). The van der Waals surface area contributed by atoms with E-state index in [2.05, 4.69) is 31.1 Å². The van der Waals surface area contributed by atoms with E-state index in [1.807, 2.05) is 48.5 Å². The maximum atomic E-state index is 13.2. The Morgan fingerprint density at radius 2 is 1.94 bits per heavy atom. The molecule has 7 nitrogen and oxygen atoms in total. The summed E-state index contributed by atoms with van der Waals surface area (Å²) in [5, 5.41) is 7.69. The summed E-state index contributed by atoms with van der Waals surface area (Å²) < 4.78 is 6.98. The van der Waals surface area contributed by atoms with Gasteiger partial charge in [-0.1, -0.05) is 39.0 Å². The number of aromatic nitrogens is 4. The highest BCUT2D eigenvalue weighted by atomic mass is 16.5. The molecular formula is C25H27N5O2. The van der Waals surface area contributed by atoms with E-state index in [0.717, 1.165) is 22.7 Å². The number of hydrogen-bond donors (Lipinski definition) is 1. The summed E-state index contributed by atoms with van der Waals surface area (Å²) in [5.41, 5.74) is 4.25. The lowest BCUT2D eigenvalue weighted by atomic mass is 9.93. The second kappa shape index (κ2) is 8.78. The van der Waals surface area contributed by atoms with Gasteiger partial charge in [-0.2, -0.15) is 5.10 Å². The highest BCUT2D eigenvalue weighted by Gasteiger charge is 2.22. The van der Waals surface area contributed by atoms with Gasteiger partial charge in [-0.25, -0.2) is 9.50 Å². The summed E-state index contributed by atoms with van der Waals surface area (Å²) in [6.45, 7) is 6.74. The second-order valence-electron chi connectivity index (χ2n) is 8.64. The van der Waals surface area contributed by atoms with Crippen LogP contribution >= 0.6 is 0 Å². The Morgan fingerprint density at radius 3 is 2.66 bits per heavy atom. The predicted octanol–water partition coefficient (Wildman–Crippen LogP) is 4.07. The first-order valence-corrected chi connectivity index (χ1v) is 10.6. The molecule has 0 aliphatic heterocycles. The first-order valence-electron chi connectivity index (χ1n) is 10.6. The number of rotatable bonds is 6. The molecule has 32 heavy (non-hydrogen) atoms. The van der Waals surface area contributed by atoms with E-state index in [-0.39, 0.29) is 11.3 Å². The van der Waals surface area contributed by atoms with Crippen LogP contribution in [0.3, 0.4) is 0 Å². The standard InChI is InChI=1S/C25H27N5O2/c1-25(2,3)22-16-23-28-20(17-8-7-10-19(14-17)32-4)15-21(30(23)29-22)24(31)27-13-11-18-9-5-6-12-26-18/h5-10,12,14-16H,11,13H2,1-4H3,(H,27,31). The molecule has 0 aliphatic carbocycles. The molecular weight excluding hydrogens is 402 g/mol. The highest BCUT2D eigenvalue weighted by molar-refractivity contribution is 5.94. The number of nitrogens with one attached hydrogen (secondary N) is 1. The fourth-order valence-corrected chi connectivity index (χ4v) is 3.37. The van der Waals surface area contributed by atoms with Gasteiger partial charge < -0.3 is 10.1 Å². The van der Waals surface area contributed by atoms with Gasteiger partial charge in [0, 0.05) is 41.9 Å². The molecule has 0 atom stereocenters. The van der Waals surface area contributed by atoms with E-state index in [4.69, 9.17) is 14.8 Å². The average molecular weight is 430 g/mol. The molecule has 0 saturated carbocycles.